The minimum absolute atomic E-state index is 0.215. The van der Waals surface area contributed by atoms with E-state index < -0.39 is 0 Å². The van der Waals surface area contributed by atoms with Crippen LogP contribution >= 0.6 is 0 Å². The Morgan fingerprint density at radius 1 is 1.43 bits per heavy atom. The first-order valence-corrected chi connectivity index (χ1v) is 4.86. The number of carbonyl (C=O) groups is 1. The summed E-state index contributed by atoms with van der Waals surface area (Å²) in [7, 11) is 0. The second kappa shape index (κ2) is 4.27. The van der Waals surface area contributed by atoms with Crippen LogP contribution in [0.15, 0.2) is 18.2 Å². The van der Waals surface area contributed by atoms with Crippen molar-refractivity contribution in [1.29, 1.82) is 0 Å². The van der Waals surface area contributed by atoms with Crippen LogP contribution in [0.3, 0.4) is 0 Å². The van der Waals surface area contributed by atoms with Crippen LogP contribution in [-0.2, 0) is 4.79 Å². The van der Waals surface area contributed by atoms with E-state index in [1.165, 1.54) is 16.7 Å². The summed E-state index contributed by atoms with van der Waals surface area (Å²) < 4.78 is 0. The quantitative estimate of drug-likeness (QED) is 0.782. The molecule has 1 rings (SSSR count). The van der Waals surface area contributed by atoms with Gasteiger partial charge in [0, 0.05) is 6.42 Å². The van der Waals surface area contributed by atoms with E-state index >= 15 is 0 Å². The van der Waals surface area contributed by atoms with Crippen LogP contribution in [0.1, 0.15) is 36.0 Å². The van der Waals surface area contributed by atoms with Gasteiger partial charge in [-0.15, -0.1) is 0 Å². The molecule has 0 fully saturated rings. The Bertz CT molecular complexity index is 344. The molecule has 0 bridgehead atoms. The fourth-order valence-electron chi connectivity index (χ4n) is 1.70. The number of benzene rings is 1. The monoisotopic (exact) mass is 191 g/mol. The Hall–Kier alpha value is -1.31. The minimum atomic E-state index is -0.238. The van der Waals surface area contributed by atoms with Gasteiger partial charge in [-0.2, -0.15) is 0 Å². The highest BCUT2D eigenvalue weighted by Crippen LogP contribution is 2.23. The van der Waals surface area contributed by atoms with Crippen molar-refractivity contribution in [3.8, 4) is 0 Å². The number of amides is 1. The molecule has 0 aliphatic carbocycles. The molecule has 1 amide bonds. The normalized spacial score (nSPS) is 12.5. The van der Waals surface area contributed by atoms with Gasteiger partial charge in [0.25, 0.3) is 0 Å². The predicted octanol–water partition coefficient (Wildman–Crippen LogP) is 2.28. The van der Waals surface area contributed by atoms with Crippen LogP contribution < -0.4 is 5.73 Å². The standard InChI is InChI=1S/C12H17NO/c1-8-4-5-9(2)11(6-8)10(3)7-12(13)14/h4-6,10H,7H2,1-3H3,(H2,13,14). The third-order valence-corrected chi connectivity index (χ3v) is 2.47. The van der Waals surface area contributed by atoms with Crippen LogP contribution in [0.2, 0.25) is 0 Å². The summed E-state index contributed by atoms with van der Waals surface area (Å²) in [5.41, 5.74) is 8.86. The first-order valence-electron chi connectivity index (χ1n) is 4.86. The van der Waals surface area contributed by atoms with Gasteiger partial charge in [0.05, 0.1) is 0 Å². The predicted molar refractivity (Wildman–Crippen MR) is 58.1 cm³/mol. The lowest BCUT2D eigenvalue weighted by molar-refractivity contribution is -0.118. The molecule has 76 valence electrons. The number of primary amides is 1. The third kappa shape index (κ3) is 2.59. The van der Waals surface area contributed by atoms with Gasteiger partial charge in [-0.3, -0.25) is 4.79 Å². The average molecular weight is 191 g/mol. The maximum absolute atomic E-state index is 10.8. The summed E-state index contributed by atoms with van der Waals surface area (Å²) in [6, 6.07) is 6.29. The fourth-order valence-corrected chi connectivity index (χ4v) is 1.70. The van der Waals surface area contributed by atoms with E-state index in [4.69, 9.17) is 5.73 Å². The molecule has 1 aromatic rings. The second-order valence-corrected chi connectivity index (χ2v) is 3.93. The molecule has 0 aliphatic heterocycles. The summed E-state index contributed by atoms with van der Waals surface area (Å²) in [5, 5.41) is 0. The molecule has 14 heavy (non-hydrogen) atoms. The molecule has 1 atom stereocenters. The fraction of sp³-hybridized carbons (Fsp3) is 0.417. The SMILES string of the molecule is Cc1ccc(C)c(C(C)CC(N)=O)c1. The highest BCUT2D eigenvalue weighted by Gasteiger charge is 2.10. The maximum atomic E-state index is 10.8. The molecule has 2 heteroatoms. The summed E-state index contributed by atoms with van der Waals surface area (Å²) in [6.07, 6.45) is 0.421. The van der Waals surface area contributed by atoms with Gasteiger partial charge in [-0.05, 0) is 30.9 Å². The average Bonchev–Trinajstić information content (AvgIpc) is 2.08. The lowest BCUT2D eigenvalue weighted by atomic mass is 9.92. The van der Waals surface area contributed by atoms with Crippen molar-refractivity contribution < 1.29 is 4.79 Å². The van der Waals surface area contributed by atoms with Gasteiger partial charge >= 0.3 is 0 Å². The lowest BCUT2D eigenvalue weighted by Crippen LogP contribution is -2.14. The van der Waals surface area contributed by atoms with Crippen LogP contribution in [0, 0.1) is 13.8 Å². The Morgan fingerprint density at radius 2 is 2.07 bits per heavy atom. The van der Waals surface area contributed by atoms with Crippen molar-refractivity contribution in [2.45, 2.75) is 33.1 Å². The van der Waals surface area contributed by atoms with E-state index in [-0.39, 0.29) is 11.8 Å². The molecule has 1 unspecified atom stereocenters. The molecule has 0 spiro atoms. The largest absolute Gasteiger partial charge is 0.370 e. The van der Waals surface area contributed by atoms with Crippen molar-refractivity contribution in [1.82, 2.24) is 0 Å². The second-order valence-electron chi connectivity index (χ2n) is 3.93. The third-order valence-electron chi connectivity index (χ3n) is 2.47. The Kier molecular flexibility index (Phi) is 3.28. The van der Waals surface area contributed by atoms with Gasteiger partial charge in [0.15, 0.2) is 0 Å². The number of nitrogens with two attached hydrogens (primary N) is 1. The van der Waals surface area contributed by atoms with E-state index in [0.29, 0.717) is 6.42 Å². The highest BCUT2D eigenvalue weighted by molar-refractivity contribution is 5.74. The van der Waals surface area contributed by atoms with E-state index in [2.05, 4.69) is 32.0 Å². The Morgan fingerprint density at radius 3 is 2.64 bits per heavy atom. The summed E-state index contributed by atoms with van der Waals surface area (Å²) in [4.78, 5) is 10.8. The number of rotatable bonds is 3. The van der Waals surface area contributed by atoms with Gasteiger partial charge < -0.3 is 5.73 Å². The molecule has 2 N–H and O–H groups in total. The molecular formula is C12H17NO. The topological polar surface area (TPSA) is 43.1 Å². The molecule has 2 nitrogen and oxygen atoms in total. The van der Waals surface area contributed by atoms with E-state index in [1.807, 2.05) is 6.92 Å². The summed E-state index contributed by atoms with van der Waals surface area (Å²) in [6.45, 7) is 6.15. The number of hydrogen-bond acceptors (Lipinski definition) is 1. The first kappa shape index (κ1) is 10.8. The zero-order chi connectivity index (χ0) is 10.7. The molecule has 0 aromatic heterocycles. The zero-order valence-corrected chi connectivity index (χ0v) is 9.00. The van der Waals surface area contributed by atoms with Gasteiger partial charge in [0.2, 0.25) is 5.91 Å². The molecule has 1 aromatic carbocycles. The van der Waals surface area contributed by atoms with Crippen molar-refractivity contribution in [2.75, 3.05) is 0 Å². The molecular weight excluding hydrogens is 174 g/mol. The highest BCUT2D eigenvalue weighted by atomic mass is 16.1. The van der Waals surface area contributed by atoms with Crippen molar-refractivity contribution >= 4 is 5.91 Å². The molecule has 0 saturated carbocycles. The molecule has 0 radical (unpaired) electrons. The van der Waals surface area contributed by atoms with Crippen LogP contribution in [0.5, 0.6) is 0 Å². The number of aryl methyl sites for hydroxylation is 2. The molecule has 0 heterocycles. The van der Waals surface area contributed by atoms with Gasteiger partial charge in [-0.1, -0.05) is 30.7 Å². The first-order chi connectivity index (χ1) is 6.50. The van der Waals surface area contributed by atoms with Crippen molar-refractivity contribution in [2.24, 2.45) is 5.73 Å². The van der Waals surface area contributed by atoms with Crippen molar-refractivity contribution in [3.63, 3.8) is 0 Å². The summed E-state index contributed by atoms with van der Waals surface area (Å²) >= 11 is 0. The Balaban J connectivity index is 2.93. The van der Waals surface area contributed by atoms with Crippen molar-refractivity contribution in [3.05, 3.63) is 34.9 Å². The van der Waals surface area contributed by atoms with Crippen LogP contribution in [0.4, 0.5) is 0 Å². The van der Waals surface area contributed by atoms with Crippen LogP contribution in [-0.4, -0.2) is 5.91 Å². The Labute approximate surface area is 85.1 Å². The van der Waals surface area contributed by atoms with Crippen LogP contribution in [0.25, 0.3) is 0 Å². The number of hydrogen-bond donors (Lipinski definition) is 1. The minimum Gasteiger partial charge on any atom is -0.370 e. The number of carbonyl (C=O) groups excluding carboxylic acids is 1. The smallest absolute Gasteiger partial charge is 0.218 e. The van der Waals surface area contributed by atoms with Gasteiger partial charge in [-0.25, -0.2) is 0 Å². The van der Waals surface area contributed by atoms with Gasteiger partial charge in [0.1, 0.15) is 0 Å². The lowest BCUT2D eigenvalue weighted by Gasteiger charge is -2.13. The zero-order valence-electron chi connectivity index (χ0n) is 9.00. The molecule has 0 saturated heterocycles. The maximum Gasteiger partial charge on any atom is 0.218 e. The van der Waals surface area contributed by atoms with E-state index in [9.17, 15) is 4.79 Å². The van der Waals surface area contributed by atoms with E-state index in [0.717, 1.165) is 0 Å². The molecule has 0 aliphatic rings. The van der Waals surface area contributed by atoms with E-state index in [1.54, 1.807) is 0 Å². The summed E-state index contributed by atoms with van der Waals surface area (Å²) in [5.74, 6) is -0.0224.